The van der Waals surface area contributed by atoms with Crippen LogP contribution in [0.25, 0.3) is 11.2 Å². The Labute approximate surface area is 179 Å². The number of nitrogens with one attached hydrogen (secondary N) is 1. The van der Waals surface area contributed by atoms with E-state index in [2.05, 4.69) is 28.3 Å². The maximum Gasteiger partial charge on any atom is 0.483 e. The van der Waals surface area contributed by atoms with E-state index in [0.717, 1.165) is 14.2 Å². The summed E-state index contributed by atoms with van der Waals surface area (Å²) in [4.78, 5) is 31.7. The first kappa shape index (κ1) is 23.4. The second-order valence-electron chi connectivity index (χ2n) is 7.56. The van der Waals surface area contributed by atoms with Gasteiger partial charge in [-0.2, -0.15) is 9.29 Å². The van der Waals surface area contributed by atoms with Crippen molar-refractivity contribution in [1.82, 2.24) is 19.5 Å². The Hall–Kier alpha value is -1.71. The fraction of sp³-hybridized carbons (Fsp3) is 0.643. The van der Waals surface area contributed by atoms with Crippen LogP contribution in [0.2, 0.25) is 0 Å². The summed E-state index contributed by atoms with van der Waals surface area (Å²) in [5.74, 6) is -0.200. The molecule has 0 spiro atoms. The van der Waals surface area contributed by atoms with Gasteiger partial charge in [-0.1, -0.05) is 0 Å². The van der Waals surface area contributed by atoms with Gasteiger partial charge in [-0.05, 0) is 6.92 Å². The van der Waals surface area contributed by atoms with Crippen molar-refractivity contribution < 1.29 is 46.9 Å². The first-order chi connectivity index (χ1) is 14.7. The van der Waals surface area contributed by atoms with Crippen LogP contribution in [-0.4, -0.2) is 72.3 Å². The minimum atomic E-state index is -4.74. The molecule has 178 valence electrons. The van der Waals surface area contributed by atoms with Crippen LogP contribution in [0.3, 0.4) is 0 Å². The maximum atomic E-state index is 12.5. The summed E-state index contributed by atoms with van der Waals surface area (Å²) < 4.78 is 49.5. The number of aromatic amines is 1. The van der Waals surface area contributed by atoms with Gasteiger partial charge in [0.2, 0.25) is 5.95 Å². The van der Waals surface area contributed by atoms with Crippen LogP contribution in [-0.2, 0) is 31.7 Å². The summed E-state index contributed by atoms with van der Waals surface area (Å²) in [6.07, 6.45) is -0.274. The van der Waals surface area contributed by atoms with Crippen molar-refractivity contribution in [3.05, 3.63) is 16.7 Å². The predicted molar refractivity (Wildman–Crippen MR) is 104 cm³/mol. The summed E-state index contributed by atoms with van der Waals surface area (Å²) in [5, 5.41) is 22.2. The standard InChI is InChI=1S/C14H21N5O11P2/c1-12(21)10(19-6-16-7-8(19)17-11(15)18-9(7)20)29-13(4-14(12,13)22)5-28-32(25,27-3)30-31(23,24)26-2/h6,10,21-22H,4-5H2,1-3H3,(H,23,24)(H3,15,17,18,20)/t10-,12?,13?,14?,32?/m1/s1. The van der Waals surface area contributed by atoms with Gasteiger partial charge >= 0.3 is 15.6 Å². The molecule has 18 heteroatoms. The number of imidazole rings is 1. The number of phosphoric ester groups is 2. The lowest BCUT2D eigenvalue weighted by Gasteiger charge is -2.31. The number of hydrogen-bond donors (Lipinski definition) is 5. The molecular formula is C14H21N5O11P2. The van der Waals surface area contributed by atoms with E-state index in [1.54, 1.807) is 0 Å². The molecule has 5 unspecified atom stereocenters. The van der Waals surface area contributed by atoms with E-state index in [1.807, 2.05) is 0 Å². The average molecular weight is 497 g/mol. The van der Waals surface area contributed by atoms with Crippen LogP contribution in [0, 0.1) is 0 Å². The zero-order valence-electron chi connectivity index (χ0n) is 17.0. The molecule has 2 fully saturated rings. The molecule has 1 saturated carbocycles. The summed E-state index contributed by atoms with van der Waals surface area (Å²) in [6.45, 7) is 0.627. The summed E-state index contributed by atoms with van der Waals surface area (Å²) >= 11 is 0. The van der Waals surface area contributed by atoms with Crippen LogP contribution in [0.5, 0.6) is 0 Å². The summed E-state index contributed by atoms with van der Waals surface area (Å²) in [7, 11) is -7.60. The topological polar surface area (TPSA) is 231 Å². The molecule has 2 aliphatic rings. The number of phosphoric acid groups is 2. The van der Waals surface area contributed by atoms with Crippen molar-refractivity contribution >= 4 is 32.8 Å². The van der Waals surface area contributed by atoms with Gasteiger partial charge in [-0.3, -0.25) is 27.9 Å². The van der Waals surface area contributed by atoms with Gasteiger partial charge in [0.1, 0.15) is 16.8 Å². The molecule has 1 aliphatic heterocycles. The molecule has 1 aliphatic carbocycles. The second kappa shape index (κ2) is 7.14. The SMILES string of the molecule is COP(=O)(O)OP(=O)(OC)OCC12CC1(O)C(C)(O)[C@H](n1cnc3c(=O)[nH]c(N)nc31)O2. The highest BCUT2D eigenvalue weighted by atomic mass is 31.3. The zero-order valence-corrected chi connectivity index (χ0v) is 18.8. The highest BCUT2D eigenvalue weighted by Crippen LogP contribution is 2.70. The van der Waals surface area contributed by atoms with E-state index in [0.29, 0.717) is 0 Å². The Bertz CT molecular complexity index is 1230. The lowest BCUT2D eigenvalue weighted by atomic mass is 9.94. The fourth-order valence-electron chi connectivity index (χ4n) is 3.78. The molecule has 32 heavy (non-hydrogen) atoms. The van der Waals surface area contributed by atoms with Gasteiger partial charge in [0, 0.05) is 20.6 Å². The summed E-state index contributed by atoms with van der Waals surface area (Å²) in [5.41, 5.74) is -0.568. The van der Waals surface area contributed by atoms with E-state index in [4.69, 9.17) is 15.0 Å². The predicted octanol–water partition coefficient (Wildman–Crippen LogP) is -0.610. The molecule has 2 aromatic rings. The fourth-order valence-corrected chi connectivity index (χ4v) is 5.99. The third-order valence-electron chi connectivity index (χ3n) is 5.64. The highest BCUT2D eigenvalue weighted by Gasteiger charge is 2.84. The number of aliphatic hydroxyl groups is 2. The Morgan fingerprint density at radius 1 is 1.38 bits per heavy atom. The number of anilines is 1. The number of rotatable bonds is 8. The van der Waals surface area contributed by atoms with Gasteiger partial charge in [-0.15, -0.1) is 0 Å². The number of fused-ring (bicyclic) bond motifs is 2. The molecule has 4 rings (SSSR count). The van der Waals surface area contributed by atoms with Crippen molar-refractivity contribution in [2.24, 2.45) is 0 Å². The second-order valence-corrected chi connectivity index (χ2v) is 11.0. The van der Waals surface area contributed by atoms with E-state index in [1.165, 1.54) is 17.8 Å². The molecule has 3 heterocycles. The number of nitrogens with zero attached hydrogens (tertiary/aromatic N) is 3. The van der Waals surface area contributed by atoms with Crippen LogP contribution >= 0.6 is 15.6 Å². The van der Waals surface area contributed by atoms with Crippen molar-refractivity contribution in [2.75, 3.05) is 26.6 Å². The third kappa shape index (κ3) is 3.35. The number of H-pyrrole nitrogens is 1. The van der Waals surface area contributed by atoms with E-state index in [9.17, 15) is 29.0 Å². The molecular weight excluding hydrogens is 476 g/mol. The minimum absolute atomic E-state index is 0.00953. The lowest BCUT2D eigenvalue weighted by molar-refractivity contribution is -0.140. The largest absolute Gasteiger partial charge is 0.483 e. The van der Waals surface area contributed by atoms with Crippen LogP contribution < -0.4 is 11.3 Å². The number of nitrogen functional groups attached to an aromatic ring is 1. The Kier molecular flexibility index (Phi) is 5.23. The molecule has 16 nitrogen and oxygen atoms in total. The van der Waals surface area contributed by atoms with Gasteiger partial charge < -0.3 is 25.6 Å². The van der Waals surface area contributed by atoms with Crippen LogP contribution in [0.4, 0.5) is 5.95 Å². The molecule has 0 bridgehead atoms. The van der Waals surface area contributed by atoms with Crippen molar-refractivity contribution in [3.63, 3.8) is 0 Å². The first-order valence-electron chi connectivity index (χ1n) is 8.98. The Morgan fingerprint density at radius 2 is 2.06 bits per heavy atom. The molecule has 1 saturated heterocycles. The van der Waals surface area contributed by atoms with Gasteiger partial charge in [0.25, 0.3) is 5.56 Å². The van der Waals surface area contributed by atoms with Crippen molar-refractivity contribution in [3.8, 4) is 0 Å². The van der Waals surface area contributed by atoms with Gasteiger partial charge in [0.05, 0.1) is 12.9 Å². The molecule has 2 aromatic heterocycles. The first-order valence-corrected chi connectivity index (χ1v) is 11.9. The van der Waals surface area contributed by atoms with E-state index in [-0.39, 0.29) is 23.5 Å². The molecule has 6 N–H and O–H groups in total. The number of hydrogen-bond acceptors (Lipinski definition) is 13. The maximum absolute atomic E-state index is 12.5. The third-order valence-corrected chi connectivity index (χ3v) is 8.62. The van der Waals surface area contributed by atoms with E-state index < -0.39 is 50.8 Å². The van der Waals surface area contributed by atoms with Gasteiger partial charge in [0.15, 0.2) is 17.4 Å². The quantitative estimate of drug-likeness (QED) is 0.287. The van der Waals surface area contributed by atoms with Crippen molar-refractivity contribution in [1.29, 1.82) is 0 Å². The number of nitrogens with two attached hydrogens (primary N) is 1. The van der Waals surface area contributed by atoms with E-state index >= 15 is 0 Å². The molecule has 0 aromatic carbocycles. The Balaban J connectivity index is 1.63. The van der Waals surface area contributed by atoms with Crippen LogP contribution in [0.1, 0.15) is 19.6 Å². The normalized spacial score (nSPS) is 35.4. The number of ether oxygens (including phenoxy) is 1. The monoisotopic (exact) mass is 497 g/mol. The minimum Gasteiger partial charge on any atom is -0.383 e. The lowest BCUT2D eigenvalue weighted by Crippen LogP contribution is -2.46. The summed E-state index contributed by atoms with van der Waals surface area (Å²) in [6, 6.07) is 0. The Morgan fingerprint density at radius 3 is 2.69 bits per heavy atom. The molecule has 0 amide bonds. The zero-order chi connectivity index (χ0) is 23.7. The smallest absolute Gasteiger partial charge is 0.383 e. The number of aromatic nitrogens is 4. The van der Waals surface area contributed by atoms with Crippen molar-refractivity contribution in [2.45, 2.75) is 36.4 Å². The average Bonchev–Trinajstić information content (AvgIpc) is 3.02. The molecule has 0 radical (unpaired) electrons. The molecule has 6 atom stereocenters. The van der Waals surface area contributed by atoms with Crippen LogP contribution in [0.15, 0.2) is 11.1 Å². The van der Waals surface area contributed by atoms with Gasteiger partial charge in [-0.25, -0.2) is 14.1 Å². The highest BCUT2D eigenvalue weighted by molar-refractivity contribution is 7.61.